The highest BCUT2D eigenvalue weighted by molar-refractivity contribution is 14.1. The second kappa shape index (κ2) is 8.24. The SMILES string of the molecule is CS(=O)(=O)NC(O)C1CC2CC1CC2OC(=O)c1cc(I)cc(I)c1I. The van der Waals surface area contributed by atoms with E-state index in [-0.39, 0.29) is 29.8 Å². The van der Waals surface area contributed by atoms with Crippen LogP contribution in [0.1, 0.15) is 29.6 Å². The first-order valence-electron chi connectivity index (χ1n) is 8.06. The van der Waals surface area contributed by atoms with Gasteiger partial charge in [-0.1, -0.05) is 0 Å². The Morgan fingerprint density at radius 2 is 1.92 bits per heavy atom. The quantitative estimate of drug-likeness (QED) is 0.212. The first-order valence-corrected chi connectivity index (χ1v) is 13.2. The van der Waals surface area contributed by atoms with Crippen molar-refractivity contribution >= 4 is 83.8 Å². The summed E-state index contributed by atoms with van der Waals surface area (Å²) < 4.78 is 33.6. The van der Waals surface area contributed by atoms with Gasteiger partial charge in [0.25, 0.3) is 0 Å². The van der Waals surface area contributed by atoms with Gasteiger partial charge < -0.3 is 9.84 Å². The summed E-state index contributed by atoms with van der Waals surface area (Å²) in [5.41, 5.74) is 0.583. The van der Waals surface area contributed by atoms with Gasteiger partial charge in [0.05, 0.1) is 11.8 Å². The number of halogens is 3. The molecule has 0 spiro atoms. The van der Waals surface area contributed by atoms with Gasteiger partial charge in [-0.25, -0.2) is 13.2 Å². The summed E-state index contributed by atoms with van der Waals surface area (Å²) >= 11 is 6.55. The number of sulfonamides is 1. The number of nitrogens with one attached hydrogen (secondary N) is 1. The summed E-state index contributed by atoms with van der Waals surface area (Å²) in [6.07, 6.45) is 1.98. The molecule has 2 N–H and O–H groups in total. The van der Waals surface area contributed by atoms with E-state index in [4.69, 9.17) is 4.74 Å². The van der Waals surface area contributed by atoms with Gasteiger partial charge in [0.1, 0.15) is 12.3 Å². The Labute approximate surface area is 193 Å². The molecule has 0 radical (unpaired) electrons. The van der Waals surface area contributed by atoms with E-state index in [9.17, 15) is 18.3 Å². The lowest BCUT2D eigenvalue weighted by atomic mass is 9.86. The van der Waals surface area contributed by atoms with Crippen molar-refractivity contribution in [3.8, 4) is 0 Å². The Hall–Kier alpha value is 0.750. The van der Waals surface area contributed by atoms with E-state index < -0.39 is 16.3 Å². The van der Waals surface area contributed by atoms with Gasteiger partial charge in [0.2, 0.25) is 10.0 Å². The van der Waals surface area contributed by atoms with Gasteiger partial charge in [0, 0.05) is 16.6 Å². The zero-order valence-corrected chi connectivity index (χ0v) is 21.1. The van der Waals surface area contributed by atoms with Crippen LogP contribution < -0.4 is 4.72 Å². The maximum absolute atomic E-state index is 12.6. The minimum atomic E-state index is -3.45. The van der Waals surface area contributed by atoms with E-state index in [1.807, 2.05) is 12.1 Å². The molecule has 0 saturated heterocycles. The third-order valence-corrected chi connectivity index (χ3v) is 9.40. The van der Waals surface area contributed by atoms with Gasteiger partial charge in [-0.2, -0.15) is 4.72 Å². The molecule has 2 aliphatic carbocycles. The first kappa shape index (κ1) is 21.5. The number of hydrogen-bond donors (Lipinski definition) is 2. The number of esters is 1. The summed E-state index contributed by atoms with van der Waals surface area (Å²) in [6.45, 7) is 0. The summed E-state index contributed by atoms with van der Waals surface area (Å²) in [5.74, 6) is -0.0974. The number of rotatable bonds is 5. The molecule has 2 fully saturated rings. The highest BCUT2D eigenvalue weighted by atomic mass is 127. The van der Waals surface area contributed by atoms with Crippen LogP contribution in [0.15, 0.2) is 12.1 Å². The molecule has 6 nitrogen and oxygen atoms in total. The monoisotopic (exact) mass is 717 g/mol. The van der Waals surface area contributed by atoms with E-state index in [2.05, 4.69) is 72.5 Å². The highest BCUT2D eigenvalue weighted by Crippen LogP contribution is 2.50. The van der Waals surface area contributed by atoms with Crippen LogP contribution in [0.3, 0.4) is 0 Å². The number of carbonyl (C=O) groups excluding carboxylic acids is 1. The predicted octanol–water partition coefficient (Wildman–Crippen LogP) is 2.94. The molecule has 144 valence electrons. The Kier molecular flexibility index (Phi) is 6.80. The molecule has 2 bridgehead atoms. The fourth-order valence-corrected chi connectivity index (χ4v) is 7.00. The molecule has 5 unspecified atom stereocenters. The average molecular weight is 717 g/mol. The van der Waals surface area contributed by atoms with Gasteiger partial charge >= 0.3 is 5.97 Å². The van der Waals surface area contributed by atoms with Crippen LogP contribution in [0.4, 0.5) is 0 Å². The molecule has 10 heteroatoms. The van der Waals surface area contributed by atoms with E-state index in [1.165, 1.54) is 0 Å². The van der Waals surface area contributed by atoms with Crippen LogP contribution in [-0.2, 0) is 14.8 Å². The normalized spacial score (nSPS) is 29.0. The van der Waals surface area contributed by atoms with Crippen LogP contribution in [0, 0.1) is 28.5 Å². The summed E-state index contributed by atoms with van der Waals surface area (Å²) in [4.78, 5) is 12.6. The van der Waals surface area contributed by atoms with Crippen molar-refractivity contribution in [3.63, 3.8) is 0 Å². The third-order valence-electron chi connectivity index (χ3n) is 5.06. The lowest BCUT2D eigenvalue weighted by molar-refractivity contribution is -0.00312. The molecule has 0 heterocycles. The van der Waals surface area contributed by atoms with Crippen LogP contribution >= 0.6 is 67.8 Å². The molecule has 0 aliphatic heterocycles. The first-order chi connectivity index (χ1) is 12.0. The zero-order valence-electron chi connectivity index (χ0n) is 13.8. The second-order valence-electron chi connectivity index (χ2n) is 6.92. The number of benzene rings is 1. The van der Waals surface area contributed by atoms with Crippen LogP contribution in [0.2, 0.25) is 0 Å². The fourth-order valence-electron chi connectivity index (χ4n) is 4.01. The van der Waals surface area contributed by atoms with Crippen molar-refractivity contribution in [1.29, 1.82) is 0 Å². The Bertz CT molecular complexity index is 831. The van der Waals surface area contributed by atoms with Crippen molar-refractivity contribution in [3.05, 3.63) is 28.4 Å². The predicted molar refractivity (Wildman–Crippen MR) is 122 cm³/mol. The topological polar surface area (TPSA) is 92.7 Å². The molecule has 26 heavy (non-hydrogen) atoms. The average Bonchev–Trinajstić information content (AvgIpc) is 3.09. The lowest BCUT2D eigenvalue weighted by Crippen LogP contribution is -2.43. The number of carbonyl (C=O) groups is 1. The van der Waals surface area contributed by atoms with Gasteiger partial charge in [-0.15, -0.1) is 0 Å². The number of aliphatic hydroxyl groups excluding tert-OH is 1. The summed E-state index contributed by atoms with van der Waals surface area (Å²) in [7, 11) is -3.45. The lowest BCUT2D eigenvalue weighted by Gasteiger charge is -2.30. The van der Waals surface area contributed by atoms with Crippen LogP contribution in [0.5, 0.6) is 0 Å². The standard InChI is InChI=1S/C16H18I3NO5S/c1-26(23,24)20-15(21)10-3-8-2-7(10)4-13(8)25-16(22)11-5-9(17)6-12(18)14(11)19/h5-8,10,13,15,20-21H,2-4H2,1H3. The van der Waals surface area contributed by atoms with Gasteiger partial charge in [-0.3, -0.25) is 0 Å². The molecule has 0 amide bonds. The molecule has 2 aliphatic rings. The molecular weight excluding hydrogens is 699 g/mol. The van der Waals surface area contributed by atoms with Crippen molar-refractivity contribution in [2.75, 3.05) is 6.26 Å². The summed E-state index contributed by atoms with van der Waals surface area (Å²) in [5, 5.41) is 10.1. The Morgan fingerprint density at radius 3 is 2.50 bits per heavy atom. The Morgan fingerprint density at radius 1 is 1.23 bits per heavy atom. The van der Waals surface area contributed by atoms with Crippen LogP contribution in [0.25, 0.3) is 0 Å². The molecule has 1 aromatic rings. The van der Waals surface area contributed by atoms with E-state index in [0.29, 0.717) is 18.4 Å². The fraction of sp³-hybridized carbons (Fsp3) is 0.562. The maximum atomic E-state index is 12.6. The van der Waals surface area contributed by atoms with Gasteiger partial charge in [0.15, 0.2) is 0 Å². The molecule has 5 atom stereocenters. The second-order valence-corrected chi connectivity index (χ2v) is 12.2. The number of ether oxygens (including phenoxy) is 1. The minimum Gasteiger partial charge on any atom is -0.458 e. The Balaban J connectivity index is 1.64. The minimum absolute atomic E-state index is 0.122. The van der Waals surface area contributed by atoms with E-state index in [1.54, 1.807) is 0 Å². The van der Waals surface area contributed by atoms with Crippen LogP contribution in [-0.4, -0.2) is 38.1 Å². The zero-order chi connectivity index (χ0) is 19.2. The molecular formula is C16H18I3NO5S. The molecule has 2 saturated carbocycles. The third kappa shape index (κ3) is 4.83. The molecule has 1 aromatic carbocycles. The highest BCUT2D eigenvalue weighted by Gasteiger charge is 2.50. The largest absolute Gasteiger partial charge is 0.458 e. The molecule has 0 aromatic heterocycles. The van der Waals surface area contributed by atoms with Crippen molar-refractivity contribution in [1.82, 2.24) is 4.72 Å². The smallest absolute Gasteiger partial charge is 0.339 e. The number of aliphatic hydroxyl groups is 1. The van der Waals surface area contributed by atoms with Gasteiger partial charge in [-0.05, 0) is 111 Å². The van der Waals surface area contributed by atoms with E-state index >= 15 is 0 Å². The van der Waals surface area contributed by atoms with E-state index in [0.717, 1.165) is 23.4 Å². The number of hydrogen-bond acceptors (Lipinski definition) is 5. The van der Waals surface area contributed by atoms with Crippen molar-refractivity contribution < 1.29 is 23.1 Å². The van der Waals surface area contributed by atoms with Crippen molar-refractivity contribution in [2.24, 2.45) is 17.8 Å². The molecule has 3 rings (SSSR count). The maximum Gasteiger partial charge on any atom is 0.339 e. The summed E-state index contributed by atoms with van der Waals surface area (Å²) in [6, 6.07) is 3.85. The number of fused-ring (bicyclic) bond motifs is 2. The van der Waals surface area contributed by atoms with Crippen molar-refractivity contribution in [2.45, 2.75) is 31.6 Å².